The number of rotatable bonds is 2. The summed E-state index contributed by atoms with van der Waals surface area (Å²) in [6, 6.07) is 5.85. The van der Waals surface area contributed by atoms with E-state index in [4.69, 9.17) is 0 Å². The first-order valence-electron chi connectivity index (χ1n) is 7.63. The zero-order chi connectivity index (χ0) is 15.7. The van der Waals surface area contributed by atoms with Crippen LogP contribution in [0.1, 0.15) is 36.8 Å². The molecule has 0 spiro atoms. The van der Waals surface area contributed by atoms with E-state index in [0.717, 1.165) is 43.5 Å². The molecule has 2 atom stereocenters. The van der Waals surface area contributed by atoms with Gasteiger partial charge in [0.2, 0.25) is 5.91 Å². The Morgan fingerprint density at radius 2 is 1.91 bits per heavy atom. The van der Waals surface area contributed by atoms with Crippen molar-refractivity contribution < 1.29 is 18.0 Å². The number of amides is 1. The normalized spacial score (nSPS) is 26.4. The van der Waals surface area contributed by atoms with E-state index in [0.29, 0.717) is 19.0 Å². The van der Waals surface area contributed by atoms with Gasteiger partial charge in [-0.2, -0.15) is 13.2 Å². The topological polar surface area (TPSA) is 32.3 Å². The summed E-state index contributed by atoms with van der Waals surface area (Å²) in [7, 11) is 0. The second kappa shape index (κ2) is 5.91. The van der Waals surface area contributed by atoms with E-state index in [1.165, 1.54) is 0 Å². The number of nitrogens with one attached hydrogen (secondary N) is 1. The second-order valence-corrected chi connectivity index (χ2v) is 6.09. The molecule has 2 aliphatic rings. The maximum atomic E-state index is 12.6. The molecule has 0 unspecified atom stereocenters. The first-order chi connectivity index (χ1) is 10.4. The van der Waals surface area contributed by atoms with Crippen molar-refractivity contribution in [1.29, 1.82) is 0 Å². The predicted molar refractivity (Wildman–Crippen MR) is 76.0 cm³/mol. The molecule has 0 radical (unpaired) electrons. The van der Waals surface area contributed by atoms with Gasteiger partial charge in [0.1, 0.15) is 0 Å². The molecule has 3 rings (SSSR count). The number of nitrogens with zero attached hydrogens (tertiary/aromatic N) is 1. The molecule has 3 nitrogen and oxygen atoms in total. The van der Waals surface area contributed by atoms with Crippen molar-refractivity contribution in [2.75, 3.05) is 6.54 Å². The van der Waals surface area contributed by atoms with Crippen molar-refractivity contribution in [2.45, 2.75) is 50.5 Å². The third-order valence-electron chi connectivity index (χ3n) is 4.58. The van der Waals surface area contributed by atoms with E-state index in [1.807, 2.05) is 0 Å². The number of hydrogen-bond acceptors (Lipinski definition) is 2. The molecule has 22 heavy (non-hydrogen) atoms. The molecule has 1 amide bonds. The quantitative estimate of drug-likeness (QED) is 0.910. The summed E-state index contributed by atoms with van der Waals surface area (Å²) in [6.07, 6.45) is -0.971. The molecule has 2 heterocycles. The van der Waals surface area contributed by atoms with Crippen molar-refractivity contribution in [1.82, 2.24) is 10.2 Å². The third-order valence-corrected chi connectivity index (χ3v) is 4.58. The lowest BCUT2D eigenvalue weighted by Gasteiger charge is -2.26. The van der Waals surface area contributed by atoms with Crippen LogP contribution >= 0.6 is 0 Å². The maximum Gasteiger partial charge on any atom is 0.416 e. The van der Waals surface area contributed by atoms with Crippen LogP contribution in [0.2, 0.25) is 0 Å². The molecule has 1 aromatic carbocycles. The lowest BCUT2D eigenvalue weighted by atomic mass is 10.0. The number of benzene rings is 1. The molecule has 1 N–H and O–H groups in total. The third kappa shape index (κ3) is 3.27. The van der Waals surface area contributed by atoms with Gasteiger partial charge in [0.05, 0.1) is 5.56 Å². The van der Waals surface area contributed by atoms with Gasteiger partial charge < -0.3 is 5.32 Å². The van der Waals surface area contributed by atoms with Gasteiger partial charge in [0.15, 0.2) is 0 Å². The summed E-state index contributed by atoms with van der Waals surface area (Å²) in [5.41, 5.74) is 0.265. The zero-order valence-electron chi connectivity index (χ0n) is 12.2. The monoisotopic (exact) mass is 312 g/mol. The Morgan fingerprint density at radius 1 is 1.18 bits per heavy atom. The van der Waals surface area contributed by atoms with E-state index in [-0.39, 0.29) is 11.9 Å². The lowest BCUT2D eigenvalue weighted by Crippen LogP contribution is -2.42. The predicted octanol–water partition coefficient (Wildman–Crippen LogP) is 2.95. The number of carbonyl (C=O) groups excluding carboxylic acids is 1. The molecule has 0 saturated carbocycles. The number of carbonyl (C=O) groups is 1. The smallest absolute Gasteiger partial charge is 0.352 e. The molecule has 2 fully saturated rings. The minimum atomic E-state index is -4.29. The van der Waals surface area contributed by atoms with Crippen molar-refractivity contribution >= 4 is 5.91 Å². The van der Waals surface area contributed by atoms with Gasteiger partial charge in [-0.1, -0.05) is 12.1 Å². The van der Waals surface area contributed by atoms with Gasteiger partial charge in [-0.25, -0.2) is 0 Å². The highest BCUT2D eigenvalue weighted by Gasteiger charge is 2.36. The SMILES string of the molecule is O=C1CCC[C@H]2[C@@H](CCN2Cc2ccc(C(F)(F)F)cc2)N1. The van der Waals surface area contributed by atoms with Crippen LogP contribution in [0.25, 0.3) is 0 Å². The Labute approximate surface area is 127 Å². The molecular formula is C16H19F3N2O. The Balaban J connectivity index is 1.67. The van der Waals surface area contributed by atoms with E-state index in [2.05, 4.69) is 10.2 Å². The fourth-order valence-electron chi connectivity index (χ4n) is 3.45. The molecule has 6 heteroatoms. The van der Waals surface area contributed by atoms with Crippen molar-refractivity contribution in [2.24, 2.45) is 0 Å². The van der Waals surface area contributed by atoms with Crippen LogP contribution in [-0.4, -0.2) is 29.4 Å². The number of alkyl halides is 3. The van der Waals surface area contributed by atoms with Gasteiger partial charge in [-0.3, -0.25) is 9.69 Å². The van der Waals surface area contributed by atoms with E-state index >= 15 is 0 Å². The van der Waals surface area contributed by atoms with Gasteiger partial charge in [-0.15, -0.1) is 0 Å². The fourth-order valence-corrected chi connectivity index (χ4v) is 3.45. The van der Waals surface area contributed by atoms with E-state index in [1.54, 1.807) is 12.1 Å². The summed E-state index contributed by atoms with van der Waals surface area (Å²) < 4.78 is 37.7. The number of likely N-dealkylation sites (tertiary alicyclic amines) is 1. The van der Waals surface area contributed by atoms with Gasteiger partial charge in [0, 0.05) is 31.6 Å². The molecule has 0 aliphatic carbocycles. The average Bonchev–Trinajstić information content (AvgIpc) is 2.71. The van der Waals surface area contributed by atoms with Crippen LogP contribution in [0.3, 0.4) is 0 Å². The number of hydrogen-bond donors (Lipinski definition) is 1. The van der Waals surface area contributed by atoms with Gasteiger partial charge in [-0.05, 0) is 37.0 Å². The maximum absolute atomic E-state index is 12.6. The van der Waals surface area contributed by atoms with Crippen molar-refractivity contribution in [3.63, 3.8) is 0 Å². The summed E-state index contributed by atoms with van der Waals surface area (Å²) in [5, 5.41) is 3.06. The Kier molecular flexibility index (Phi) is 4.12. The molecule has 2 saturated heterocycles. The lowest BCUT2D eigenvalue weighted by molar-refractivity contribution is -0.137. The van der Waals surface area contributed by atoms with Crippen LogP contribution in [0.15, 0.2) is 24.3 Å². The zero-order valence-corrected chi connectivity index (χ0v) is 12.2. The summed E-state index contributed by atoms with van der Waals surface area (Å²) in [4.78, 5) is 13.9. The van der Waals surface area contributed by atoms with Crippen LogP contribution in [0.5, 0.6) is 0 Å². The van der Waals surface area contributed by atoms with Crippen LogP contribution in [-0.2, 0) is 17.5 Å². The minimum absolute atomic E-state index is 0.115. The highest BCUT2D eigenvalue weighted by Crippen LogP contribution is 2.30. The molecule has 2 aliphatic heterocycles. The van der Waals surface area contributed by atoms with Gasteiger partial charge >= 0.3 is 6.18 Å². The van der Waals surface area contributed by atoms with Crippen LogP contribution in [0, 0.1) is 0 Å². The highest BCUT2D eigenvalue weighted by atomic mass is 19.4. The molecular weight excluding hydrogens is 293 g/mol. The Morgan fingerprint density at radius 3 is 2.59 bits per heavy atom. The fraction of sp³-hybridized carbons (Fsp3) is 0.562. The Hall–Kier alpha value is -1.56. The van der Waals surface area contributed by atoms with Crippen molar-refractivity contribution in [3.8, 4) is 0 Å². The average molecular weight is 312 g/mol. The number of fused-ring (bicyclic) bond motifs is 1. The first kappa shape index (κ1) is 15.3. The first-order valence-corrected chi connectivity index (χ1v) is 7.63. The summed E-state index contributed by atoms with van der Waals surface area (Å²) in [5.74, 6) is 0.115. The van der Waals surface area contributed by atoms with Crippen molar-refractivity contribution in [3.05, 3.63) is 35.4 Å². The molecule has 1 aromatic rings. The van der Waals surface area contributed by atoms with Crippen LogP contribution in [0.4, 0.5) is 13.2 Å². The van der Waals surface area contributed by atoms with E-state index in [9.17, 15) is 18.0 Å². The highest BCUT2D eigenvalue weighted by molar-refractivity contribution is 5.76. The molecule has 120 valence electrons. The molecule has 0 bridgehead atoms. The van der Waals surface area contributed by atoms with Crippen LogP contribution < -0.4 is 5.32 Å². The molecule has 0 aromatic heterocycles. The summed E-state index contributed by atoms with van der Waals surface area (Å²) in [6.45, 7) is 1.51. The summed E-state index contributed by atoms with van der Waals surface area (Å²) >= 11 is 0. The second-order valence-electron chi connectivity index (χ2n) is 6.09. The largest absolute Gasteiger partial charge is 0.416 e. The Bertz CT molecular complexity index is 541. The minimum Gasteiger partial charge on any atom is -0.352 e. The standard InChI is InChI=1S/C16H19F3N2O/c17-16(18,19)12-6-4-11(5-7-12)10-21-9-8-13-14(21)2-1-3-15(22)20-13/h4-7,13-14H,1-3,8-10H2,(H,20,22)/t13-,14+/m1/s1. The number of halogens is 3. The van der Waals surface area contributed by atoms with E-state index < -0.39 is 11.7 Å². The van der Waals surface area contributed by atoms with Gasteiger partial charge in [0.25, 0.3) is 0 Å².